The normalized spacial score (nSPS) is 9.59. The molecule has 0 spiro atoms. The van der Waals surface area contributed by atoms with Crippen LogP contribution in [-0.2, 0) is 4.74 Å². The molecule has 0 heterocycles. The van der Waals surface area contributed by atoms with Gasteiger partial charge in [0, 0.05) is 16.9 Å². The fraction of sp³-hybridized carbons (Fsp3) is 0.348. The molecule has 0 saturated heterocycles. The zero-order valence-electron chi connectivity index (χ0n) is 18.8. The minimum atomic E-state index is -1.03. The highest BCUT2D eigenvalue weighted by Gasteiger charge is 2.18. The molecule has 9 nitrogen and oxygen atoms in total. The zero-order chi connectivity index (χ0) is 24.4. The Morgan fingerprint density at radius 3 is 1.88 bits per heavy atom. The number of ether oxygens (including phenoxy) is 1. The summed E-state index contributed by atoms with van der Waals surface area (Å²) >= 11 is 0. The van der Waals surface area contributed by atoms with Crippen LogP contribution in [0.4, 0.5) is 16.2 Å². The summed E-state index contributed by atoms with van der Waals surface area (Å²) in [6.45, 7) is 8.68. The third-order valence-corrected chi connectivity index (χ3v) is 3.84. The SMILES string of the molecule is C.CN.Cc1c(N)cccc1C(N)=O.Cc1c(NC(=O)OC(C)(C)C)cccc1C(=O)O. The predicted molar refractivity (Wildman–Crippen MR) is 129 cm³/mol. The molecule has 2 rings (SSSR count). The van der Waals surface area contributed by atoms with E-state index < -0.39 is 23.6 Å². The summed E-state index contributed by atoms with van der Waals surface area (Å²) < 4.78 is 5.10. The highest BCUT2D eigenvalue weighted by atomic mass is 16.6. The molecule has 0 aliphatic heterocycles. The molecule has 32 heavy (non-hydrogen) atoms. The summed E-state index contributed by atoms with van der Waals surface area (Å²) in [5, 5.41) is 11.5. The third kappa shape index (κ3) is 9.94. The number of rotatable bonds is 3. The van der Waals surface area contributed by atoms with Crippen LogP contribution in [0.25, 0.3) is 0 Å². The minimum absolute atomic E-state index is 0. The number of carbonyl (C=O) groups is 3. The lowest BCUT2D eigenvalue weighted by Crippen LogP contribution is -2.27. The second-order valence-corrected chi connectivity index (χ2v) is 7.29. The van der Waals surface area contributed by atoms with E-state index in [9.17, 15) is 14.4 Å². The molecule has 2 aromatic carbocycles. The zero-order valence-corrected chi connectivity index (χ0v) is 18.8. The van der Waals surface area contributed by atoms with Crippen molar-refractivity contribution in [3.05, 3.63) is 58.7 Å². The van der Waals surface area contributed by atoms with Gasteiger partial charge in [-0.3, -0.25) is 10.1 Å². The number of hydrogen-bond donors (Lipinski definition) is 5. The number of hydrogen-bond acceptors (Lipinski definition) is 6. The lowest BCUT2D eigenvalue weighted by Gasteiger charge is -2.20. The average Bonchev–Trinajstić information content (AvgIpc) is 2.66. The average molecular weight is 449 g/mol. The van der Waals surface area contributed by atoms with E-state index in [4.69, 9.17) is 21.3 Å². The van der Waals surface area contributed by atoms with Gasteiger partial charge in [0.25, 0.3) is 0 Å². The second kappa shape index (κ2) is 13.7. The van der Waals surface area contributed by atoms with Gasteiger partial charge in [-0.2, -0.15) is 0 Å². The van der Waals surface area contributed by atoms with E-state index in [0.29, 0.717) is 22.5 Å². The molecule has 178 valence electrons. The van der Waals surface area contributed by atoms with E-state index in [2.05, 4.69) is 11.1 Å². The number of nitrogens with two attached hydrogens (primary N) is 3. The number of carbonyl (C=O) groups excluding carboxylic acids is 2. The van der Waals surface area contributed by atoms with Crippen molar-refractivity contribution in [1.82, 2.24) is 0 Å². The summed E-state index contributed by atoms with van der Waals surface area (Å²) in [6, 6.07) is 9.80. The van der Waals surface area contributed by atoms with Gasteiger partial charge in [0.05, 0.1) is 5.56 Å². The topological polar surface area (TPSA) is 171 Å². The van der Waals surface area contributed by atoms with E-state index in [0.717, 1.165) is 5.56 Å². The Hall–Kier alpha value is -3.59. The molecule has 0 aromatic heterocycles. The number of aromatic carboxylic acids is 1. The van der Waals surface area contributed by atoms with Gasteiger partial charge in [0.15, 0.2) is 0 Å². The molecule has 0 bridgehead atoms. The summed E-state index contributed by atoms with van der Waals surface area (Å²) in [4.78, 5) is 33.3. The Labute approximate surface area is 189 Å². The van der Waals surface area contributed by atoms with Crippen molar-refractivity contribution in [3.63, 3.8) is 0 Å². The first-order valence-electron chi connectivity index (χ1n) is 9.39. The number of anilines is 2. The van der Waals surface area contributed by atoms with Crippen LogP contribution >= 0.6 is 0 Å². The number of nitrogen functional groups attached to an aromatic ring is 1. The quantitative estimate of drug-likeness (QED) is 0.443. The maximum absolute atomic E-state index is 11.6. The molecule has 0 aliphatic carbocycles. The second-order valence-electron chi connectivity index (χ2n) is 7.29. The van der Waals surface area contributed by atoms with E-state index in [1.807, 2.05) is 0 Å². The summed E-state index contributed by atoms with van der Waals surface area (Å²) in [7, 11) is 1.50. The number of benzene rings is 2. The smallest absolute Gasteiger partial charge is 0.412 e. The number of primary amides is 1. The van der Waals surface area contributed by atoms with Gasteiger partial charge in [0.1, 0.15) is 5.60 Å². The first-order valence-corrected chi connectivity index (χ1v) is 9.39. The van der Waals surface area contributed by atoms with Crippen molar-refractivity contribution in [2.24, 2.45) is 11.5 Å². The summed E-state index contributed by atoms with van der Waals surface area (Å²) in [5.74, 6) is -1.46. The van der Waals surface area contributed by atoms with Crippen molar-refractivity contribution >= 4 is 29.3 Å². The minimum Gasteiger partial charge on any atom is -0.478 e. The van der Waals surface area contributed by atoms with Gasteiger partial charge in [-0.1, -0.05) is 19.6 Å². The molecule has 0 fully saturated rings. The highest BCUT2D eigenvalue weighted by Crippen LogP contribution is 2.20. The third-order valence-electron chi connectivity index (χ3n) is 3.84. The van der Waals surface area contributed by atoms with Crippen LogP contribution in [0, 0.1) is 13.8 Å². The molecule has 2 amide bonds. The van der Waals surface area contributed by atoms with E-state index in [-0.39, 0.29) is 13.0 Å². The Morgan fingerprint density at radius 2 is 1.44 bits per heavy atom. The van der Waals surface area contributed by atoms with Crippen LogP contribution in [0.3, 0.4) is 0 Å². The van der Waals surface area contributed by atoms with Gasteiger partial charge in [-0.15, -0.1) is 0 Å². The largest absolute Gasteiger partial charge is 0.478 e. The van der Waals surface area contributed by atoms with E-state index in [1.165, 1.54) is 13.1 Å². The molecule has 2 aromatic rings. The maximum Gasteiger partial charge on any atom is 0.412 e. The van der Waals surface area contributed by atoms with Crippen molar-refractivity contribution in [1.29, 1.82) is 0 Å². The lowest BCUT2D eigenvalue weighted by molar-refractivity contribution is 0.0632. The Kier molecular flexibility index (Phi) is 13.1. The molecular formula is C23H36N4O5. The fourth-order valence-electron chi connectivity index (χ4n) is 2.34. The molecule has 0 radical (unpaired) electrons. The standard InChI is InChI=1S/C13H17NO4.C8H10N2O.CH5N.CH4/c1-8-9(11(15)16)6-5-7-10(8)14-12(17)18-13(2,3)4;1-5-6(8(10)11)3-2-4-7(5)9;1-2;/h5-7H,1-4H3,(H,14,17)(H,15,16);2-4H,9H2,1H3,(H2,10,11);2H2,1H3;1H4. The van der Waals surface area contributed by atoms with E-state index in [1.54, 1.807) is 65.0 Å². The maximum atomic E-state index is 11.6. The Morgan fingerprint density at radius 1 is 0.938 bits per heavy atom. The first kappa shape index (κ1) is 30.6. The molecule has 0 aliphatic rings. The van der Waals surface area contributed by atoms with Crippen LogP contribution < -0.4 is 22.5 Å². The number of amides is 2. The van der Waals surface area contributed by atoms with Gasteiger partial charge in [-0.25, -0.2) is 9.59 Å². The van der Waals surface area contributed by atoms with Crippen molar-refractivity contribution in [2.45, 2.75) is 47.6 Å². The van der Waals surface area contributed by atoms with Gasteiger partial charge in [-0.05, 0) is 77.1 Å². The number of carboxylic acid groups (broad SMARTS) is 1. The monoisotopic (exact) mass is 448 g/mol. The summed E-state index contributed by atoms with van der Waals surface area (Å²) in [5.41, 5.74) is 17.5. The molecule has 8 N–H and O–H groups in total. The Bertz CT molecular complexity index is 921. The molecular weight excluding hydrogens is 412 g/mol. The molecule has 0 saturated carbocycles. The van der Waals surface area contributed by atoms with Crippen molar-refractivity contribution in [3.8, 4) is 0 Å². The highest BCUT2D eigenvalue weighted by molar-refractivity contribution is 5.95. The number of carboxylic acids is 1. The van der Waals surface area contributed by atoms with Crippen LogP contribution in [0.1, 0.15) is 60.0 Å². The van der Waals surface area contributed by atoms with Crippen LogP contribution in [-0.4, -0.2) is 35.7 Å². The number of nitrogens with one attached hydrogen (secondary N) is 1. The Balaban J connectivity index is 0. The van der Waals surface area contributed by atoms with Crippen molar-refractivity contribution < 1.29 is 24.2 Å². The van der Waals surface area contributed by atoms with Crippen LogP contribution in [0.5, 0.6) is 0 Å². The van der Waals surface area contributed by atoms with Gasteiger partial charge < -0.3 is 27.0 Å². The van der Waals surface area contributed by atoms with Gasteiger partial charge >= 0.3 is 12.1 Å². The van der Waals surface area contributed by atoms with Crippen molar-refractivity contribution in [2.75, 3.05) is 18.1 Å². The van der Waals surface area contributed by atoms with E-state index >= 15 is 0 Å². The van der Waals surface area contributed by atoms with Crippen LogP contribution in [0.2, 0.25) is 0 Å². The molecule has 0 atom stereocenters. The predicted octanol–water partition coefficient (Wildman–Crippen LogP) is 3.93. The molecule has 9 heteroatoms. The first-order chi connectivity index (χ1) is 14.3. The fourth-order valence-corrected chi connectivity index (χ4v) is 2.34. The summed E-state index contributed by atoms with van der Waals surface area (Å²) in [6.07, 6.45) is -0.604. The van der Waals surface area contributed by atoms with Gasteiger partial charge in [0.2, 0.25) is 5.91 Å². The van der Waals surface area contributed by atoms with Crippen LogP contribution in [0.15, 0.2) is 36.4 Å². The molecule has 0 unspecified atom stereocenters. The lowest BCUT2D eigenvalue weighted by atomic mass is 10.1.